The van der Waals surface area contributed by atoms with Crippen LogP contribution >= 0.6 is 11.6 Å². The number of hydrogen-bond donors (Lipinski definition) is 1. The lowest BCUT2D eigenvalue weighted by atomic mass is 10.1. The van der Waals surface area contributed by atoms with Crippen LogP contribution in [0.1, 0.15) is 18.1 Å². The molecule has 23 heavy (non-hydrogen) atoms. The van der Waals surface area contributed by atoms with Gasteiger partial charge in [0.2, 0.25) is 0 Å². The van der Waals surface area contributed by atoms with Crippen LogP contribution < -0.4 is 10.1 Å². The molecule has 0 saturated carbocycles. The second-order valence-corrected chi connectivity index (χ2v) is 5.38. The van der Waals surface area contributed by atoms with Gasteiger partial charge in [-0.3, -0.25) is 0 Å². The van der Waals surface area contributed by atoms with Gasteiger partial charge in [-0.25, -0.2) is 4.79 Å². The maximum atomic E-state index is 11.1. The molecule has 0 aliphatic rings. The molecular formula is C18H20ClNO3. The summed E-state index contributed by atoms with van der Waals surface area (Å²) in [6.45, 7) is 2.93. The van der Waals surface area contributed by atoms with Crippen molar-refractivity contribution in [2.75, 3.05) is 19.8 Å². The summed E-state index contributed by atoms with van der Waals surface area (Å²) in [5.41, 5.74) is 2.41. The summed E-state index contributed by atoms with van der Waals surface area (Å²) >= 11 is 5.88. The molecule has 0 radical (unpaired) electrons. The van der Waals surface area contributed by atoms with E-state index in [1.165, 1.54) is 11.1 Å². The van der Waals surface area contributed by atoms with Crippen LogP contribution in [0.5, 0.6) is 5.75 Å². The number of halogens is 1. The third-order valence-electron chi connectivity index (χ3n) is 3.16. The van der Waals surface area contributed by atoms with Crippen LogP contribution in [0.25, 0.3) is 0 Å². The van der Waals surface area contributed by atoms with E-state index in [0.29, 0.717) is 19.8 Å². The fraction of sp³-hybridized carbons (Fsp3) is 0.278. The molecule has 122 valence electrons. The third kappa shape index (κ3) is 6.20. The summed E-state index contributed by atoms with van der Waals surface area (Å²) in [6, 6.07) is 15.7. The minimum Gasteiger partial charge on any atom is -0.492 e. The lowest BCUT2D eigenvalue weighted by Crippen LogP contribution is -2.28. The molecule has 1 N–H and O–H groups in total. The molecule has 0 atom stereocenters. The highest BCUT2D eigenvalue weighted by molar-refractivity contribution is 6.30. The van der Waals surface area contributed by atoms with Gasteiger partial charge in [0.05, 0.1) is 13.2 Å². The van der Waals surface area contributed by atoms with Gasteiger partial charge in [-0.15, -0.1) is 0 Å². The van der Waals surface area contributed by atoms with Crippen molar-refractivity contribution in [3.05, 3.63) is 64.7 Å². The molecule has 5 heteroatoms. The van der Waals surface area contributed by atoms with E-state index in [2.05, 4.69) is 5.32 Å². The van der Waals surface area contributed by atoms with Gasteiger partial charge in [0.25, 0.3) is 0 Å². The minimum atomic E-state index is -0.422. The van der Waals surface area contributed by atoms with Gasteiger partial charge in [-0.05, 0) is 48.7 Å². The Hall–Kier alpha value is -2.20. The van der Waals surface area contributed by atoms with E-state index in [-0.39, 0.29) is 0 Å². The summed E-state index contributed by atoms with van der Waals surface area (Å²) in [4.78, 5) is 11.1. The molecule has 4 nitrogen and oxygen atoms in total. The molecule has 2 rings (SSSR count). The highest BCUT2D eigenvalue weighted by Gasteiger charge is 2.01. The van der Waals surface area contributed by atoms with Gasteiger partial charge in [0.1, 0.15) is 12.4 Å². The molecule has 2 aromatic carbocycles. The van der Waals surface area contributed by atoms with E-state index in [1.807, 2.05) is 48.5 Å². The normalized spacial score (nSPS) is 10.2. The predicted molar refractivity (Wildman–Crippen MR) is 91.2 cm³/mol. The molecule has 0 aliphatic heterocycles. The summed E-state index contributed by atoms with van der Waals surface area (Å²) in [5.74, 6) is 0.774. The highest BCUT2D eigenvalue weighted by Crippen LogP contribution is 2.16. The summed E-state index contributed by atoms with van der Waals surface area (Å²) in [6.07, 6.45) is 0.427. The van der Waals surface area contributed by atoms with Crippen molar-refractivity contribution in [3.8, 4) is 5.75 Å². The average Bonchev–Trinajstić information content (AvgIpc) is 2.55. The molecule has 0 spiro atoms. The first-order chi connectivity index (χ1) is 11.2. The number of alkyl carbamates (subject to hydrolysis) is 1. The van der Waals surface area contributed by atoms with Crippen molar-refractivity contribution < 1.29 is 14.3 Å². The quantitative estimate of drug-likeness (QED) is 0.777. The number of nitrogens with one attached hydrogen (secondary N) is 1. The van der Waals surface area contributed by atoms with E-state index < -0.39 is 6.09 Å². The number of rotatable bonds is 7. The van der Waals surface area contributed by atoms with E-state index in [4.69, 9.17) is 21.1 Å². The zero-order valence-electron chi connectivity index (χ0n) is 13.0. The molecule has 0 saturated heterocycles. The Morgan fingerprint density at radius 2 is 1.65 bits per heavy atom. The monoisotopic (exact) mass is 333 g/mol. The van der Waals surface area contributed by atoms with Gasteiger partial charge >= 0.3 is 6.09 Å². The lowest BCUT2D eigenvalue weighted by molar-refractivity contribution is 0.150. The first kappa shape index (κ1) is 17.2. The van der Waals surface area contributed by atoms with E-state index in [9.17, 15) is 4.79 Å². The molecule has 0 bridgehead atoms. The van der Waals surface area contributed by atoms with Crippen molar-refractivity contribution in [1.82, 2.24) is 5.32 Å². The molecule has 0 fully saturated rings. The van der Waals surface area contributed by atoms with Gasteiger partial charge in [0, 0.05) is 5.02 Å². The molecule has 0 aliphatic carbocycles. The molecule has 1 amide bonds. The van der Waals surface area contributed by atoms with Crippen LogP contribution in [0.3, 0.4) is 0 Å². The van der Waals surface area contributed by atoms with Crippen LogP contribution in [0.2, 0.25) is 5.02 Å². The molecule has 0 unspecified atom stereocenters. The fourth-order valence-corrected chi connectivity index (χ4v) is 2.17. The first-order valence-electron chi connectivity index (χ1n) is 7.54. The van der Waals surface area contributed by atoms with Crippen molar-refractivity contribution in [2.24, 2.45) is 0 Å². The van der Waals surface area contributed by atoms with Gasteiger partial charge in [-0.2, -0.15) is 0 Å². The van der Waals surface area contributed by atoms with Crippen LogP contribution in [0, 0.1) is 0 Å². The second kappa shape index (κ2) is 9.06. The van der Waals surface area contributed by atoms with Crippen molar-refractivity contribution in [1.29, 1.82) is 0 Å². The number of carbonyl (C=O) groups excluding carboxylic acids is 1. The zero-order valence-corrected chi connectivity index (χ0v) is 13.8. The summed E-state index contributed by atoms with van der Waals surface area (Å²) in [7, 11) is 0. The maximum Gasteiger partial charge on any atom is 0.407 e. The summed E-state index contributed by atoms with van der Waals surface area (Å²) in [5, 5.41) is 3.35. The number of hydrogen-bond acceptors (Lipinski definition) is 3. The van der Waals surface area contributed by atoms with Crippen LogP contribution in [-0.4, -0.2) is 25.9 Å². The summed E-state index contributed by atoms with van der Waals surface area (Å²) < 4.78 is 10.3. The van der Waals surface area contributed by atoms with Crippen molar-refractivity contribution in [2.45, 2.75) is 13.3 Å². The third-order valence-corrected chi connectivity index (χ3v) is 3.41. The largest absolute Gasteiger partial charge is 0.492 e. The van der Waals surface area contributed by atoms with Crippen LogP contribution in [-0.2, 0) is 11.2 Å². The van der Waals surface area contributed by atoms with Gasteiger partial charge < -0.3 is 14.8 Å². The van der Waals surface area contributed by atoms with E-state index >= 15 is 0 Å². The molecule has 0 heterocycles. The topological polar surface area (TPSA) is 47.6 Å². The average molecular weight is 334 g/mol. The maximum absolute atomic E-state index is 11.1. The van der Waals surface area contributed by atoms with E-state index in [0.717, 1.165) is 17.2 Å². The van der Waals surface area contributed by atoms with Gasteiger partial charge in [-0.1, -0.05) is 35.9 Å². The minimum absolute atomic E-state index is 0.363. The van der Waals surface area contributed by atoms with Crippen molar-refractivity contribution >= 4 is 17.7 Å². The lowest BCUT2D eigenvalue weighted by Gasteiger charge is -2.08. The van der Waals surface area contributed by atoms with Crippen LogP contribution in [0.15, 0.2) is 48.5 Å². The number of benzene rings is 2. The number of amides is 1. The van der Waals surface area contributed by atoms with Crippen molar-refractivity contribution in [3.63, 3.8) is 0 Å². The highest BCUT2D eigenvalue weighted by atomic mass is 35.5. The Balaban J connectivity index is 1.76. The second-order valence-electron chi connectivity index (χ2n) is 4.94. The molecule has 2 aromatic rings. The zero-order chi connectivity index (χ0) is 16.5. The van der Waals surface area contributed by atoms with E-state index in [1.54, 1.807) is 6.92 Å². The number of carbonyl (C=O) groups is 1. The Kier molecular flexibility index (Phi) is 6.76. The molecular weight excluding hydrogens is 314 g/mol. The Morgan fingerprint density at radius 3 is 2.26 bits per heavy atom. The van der Waals surface area contributed by atoms with Gasteiger partial charge in [0.15, 0.2) is 0 Å². The Bertz CT molecular complexity index is 611. The predicted octanol–water partition coefficient (Wildman–Crippen LogP) is 4.06. The Labute approximate surface area is 141 Å². The SMILES string of the molecule is CCOC(=O)NCCOc1ccc(Cc2ccc(Cl)cc2)cc1. The standard InChI is InChI=1S/C18H20ClNO3/c1-2-22-18(21)20-11-12-23-17-9-5-15(6-10-17)13-14-3-7-16(19)8-4-14/h3-10H,2,11-13H2,1H3,(H,20,21). The number of ether oxygens (including phenoxy) is 2. The fourth-order valence-electron chi connectivity index (χ4n) is 2.05. The Morgan fingerprint density at radius 1 is 1.04 bits per heavy atom. The van der Waals surface area contributed by atoms with Crippen LogP contribution in [0.4, 0.5) is 4.79 Å². The molecule has 0 aromatic heterocycles. The first-order valence-corrected chi connectivity index (χ1v) is 7.92. The smallest absolute Gasteiger partial charge is 0.407 e.